The Morgan fingerprint density at radius 3 is 2.67 bits per heavy atom. The van der Waals surface area contributed by atoms with Crippen LogP contribution in [0.1, 0.15) is 12.8 Å². The number of anilines is 1. The Morgan fingerprint density at radius 2 is 1.87 bits per heavy atom. The molecule has 0 bridgehead atoms. The van der Waals surface area contributed by atoms with E-state index in [1.807, 2.05) is 18.2 Å². The number of piperidine rings is 1. The molecular formula is C11H14N2O2. The standard InChI is InChI=1S/C11H14N2O2/c12-8-1-2-9-10(7-8)15-11(14-9)3-5-13-6-4-11/h1-2,7,13H,3-6,12H2. The third-order valence-corrected chi connectivity index (χ3v) is 2.93. The predicted molar refractivity (Wildman–Crippen MR) is 56.9 cm³/mol. The lowest BCUT2D eigenvalue weighted by Crippen LogP contribution is -2.48. The average Bonchev–Trinajstić information content (AvgIpc) is 2.56. The predicted octanol–water partition coefficient (Wildman–Crippen LogP) is 1.12. The molecule has 2 aliphatic heterocycles. The molecule has 3 N–H and O–H groups in total. The van der Waals surface area contributed by atoms with Gasteiger partial charge in [-0.3, -0.25) is 0 Å². The summed E-state index contributed by atoms with van der Waals surface area (Å²) < 4.78 is 11.7. The highest BCUT2D eigenvalue weighted by Gasteiger charge is 2.42. The smallest absolute Gasteiger partial charge is 0.254 e. The Labute approximate surface area is 88.4 Å². The van der Waals surface area contributed by atoms with Crippen LogP contribution in [-0.2, 0) is 0 Å². The van der Waals surface area contributed by atoms with Gasteiger partial charge in [0.15, 0.2) is 11.5 Å². The fourth-order valence-corrected chi connectivity index (χ4v) is 2.12. The van der Waals surface area contributed by atoms with E-state index in [9.17, 15) is 0 Å². The zero-order valence-electron chi connectivity index (χ0n) is 8.45. The molecule has 4 nitrogen and oxygen atoms in total. The number of hydrogen-bond donors (Lipinski definition) is 2. The second-order valence-electron chi connectivity index (χ2n) is 4.07. The molecule has 2 heterocycles. The zero-order valence-corrected chi connectivity index (χ0v) is 8.45. The summed E-state index contributed by atoms with van der Waals surface area (Å²) in [5, 5.41) is 3.29. The van der Waals surface area contributed by atoms with Crippen molar-refractivity contribution in [1.82, 2.24) is 5.32 Å². The van der Waals surface area contributed by atoms with Crippen LogP contribution in [0.4, 0.5) is 5.69 Å². The van der Waals surface area contributed by atoms with Crippen LogP contribution in [0.2, 0.25) is 0 Å². The summed E-state index contributed by atoms with van der Waals surface area (Å²) in [4.78, 5) is 0. The Morgan fingerprint density at radius 1 is 1.13 bits per heavy atom. The molecule has 80 valence electrons. The normalized spacial score (nSPS) is 21.9. The molecule has 0 unspecified atom stereocenters. The molecule has 0 aromatic heterocycles. The first-order valence-electron chi connectivity index (χ1n) is 5.26. The molecule has 4 heteroatoms. The van der Waals surface area contributed by atoms with E-state index in [2.05, 4.69) is 5.32 Å². The van der Waals surface area contributed by atoms with Gasteiger partial charge in [0.1, 0.15) is 0 Å². The number of nitrogens with two attached hydrogens (primary N) is 1. The molecule has 15 heavy (non-hydrogen) atoms. The Balaban J connectivity index is 1.90. The van der Waals surface area contributed by atoms with E-state index in [0.717, 1.165) is 37.4 Å². The van der Waals surface area contributed by atoms with Crippen LogP contribution in [0.25, 0.3) is 0 Å². The van der Waals surface area contributed by atoms with Crippen molar-refractivity contribution in [2.24, 2.45) is 0 Å². The summed E-state index contributed by atoms with van der Waals surface area (Å²) in [7, 11) is 0. The summed E-state index contributed by atoms with van der Waals surface area (Å²) >= 11 is 0. The van der Waals surface area contributed by atoms with Crippen LogP contribution >= 0.6 is 0 Å². The maximum Gasteiger partial charge on any atom is 0.254 e. The van der Waals surface area contributed by atoms with Crippen molar-refractivity contribution in [1.29, 1.82) is 0 Å². The second kappa shape index (κ2) is 3.03. The SMILES string of the molecule is Nc1ccc2c(c1)OC1(CCNCC1)O2. The fourth-order valence-electron chi connectivity index (χ4n) is 2.12. The van der Waals surface area contributed by atoms with E-state index in [4.69, 9.17) is 15.2 Å². The first-order chi connectivity index (χ1) is 7.27. The molecule has 0 atom stereocenters. The second-order valence-corrected chi connectivity index (χ2v) is 4.07. The van der Waals surface area contributed by atoms with E-state index < -0.39 is 5.79 Å². The van der Waals surface area contributed by atoms with Crippen LogP contribution in [-0.4, -0.2) is 18.9 Å². The van der Waals surface area contributed by atoms with E-state index in [0.29, 0.717) is 5.69 Å². The largest absolute Gasteiger partial charge is 0.448 e. The van der Waals surface area contributed by atoms with Crippen molar-refractivity contribution < 1.29 is 9.47 Å². The van der Waals surface area contributed by atoms with E-state index in [1.54, 1.807) is 0 Å². The Bertz CT molecular complexity index is 386. The molecule has 1 fully saturated rings. The number of nitrogens with one attached hydrogen (secondary N) is 1. The first-order valence-corrected chi connectivity index (χ1v) is 5.26. The lowest BCUT2D eigenvalue weighted by molar-refractivity contribution is -0.0998. The molecule has 2 aliphatic rings. The van der Waals surface area contributed by atoms with Gasteiger partial charge in [-0.05, 0) is 12.1 Å². The molecule has 1 aromatic carbocycles. The summed E-state index contributed by atoms with van der Waals surface area (Å²) in [6.07, 6.45) is 1.75. The highest BCUT2D eigenvalue weighted by molar-refractivity contribution is 5.53. The number of ether oxygens (including phenoxy) is 2. The lowest BCUT2D eigenvalue weighted by Gasteiger charge is -2.31. The number of nitrogen functional groups attached to an aromatic ring is 1. The molecule has 3 rings (SSSR count). The summed E-state index contributed by atoms with van der Waals surface area (Å²) in [6.45, 7) is 1.87. The minimum absolute atomic E-state index is 0.443. The van der Waals surface area contributed by atoms with Crippen molar-refractivity contribution in [3.63, 3.8) is 0 Å². The average molecular weight is 206 g/mol. The first kappa shape index (κ1) is 8.85. The van der Waals surface area contributed by atoms with Crippen molar-refractivity contribution in [2.45, 2.75) is 18.6 Å². The highest BCUT2D eigenvalue weighted by atomic mass is 16.7. The third-order valence-electron chi connectivity index (χ3n) is 2.93. The van der Waals surface area contributed by atoms with Crippen LogP contribution < -0.4 is 20.5 Å². The molecular weight excluding hydrogens is 192 g/mol. The Kier molecular flexibility index (Phi) is 1.79. The molecule has 1 aromatic rings. The van der Waals surface area contributed by atoms with Crippen molar-refractivity contribution in [3.05, 3.63) is 18.2 Å². The number of fused-ring (bicyclic) bond motifs is 1. The van der Waals surface area contributed by atoms with Crippen LogP contribution in [0.3, 0.4) is 0 Å². The fraction of sp³-hybridized carbons (Fsp3) is 0.455. The molecule has 1 spiro atoms. The van der Waals surface area contributed by atoms with Gasteiger partial charge in [0.25, 0.3) is 5.79 Å². The molecule has 0 aliphatic carbocycles. The van der Waals surface area contributed by atoms with Gasteiger partial charge in [0.05, 0.1) is 0 Å². The van der Waals surface area contributed by atoms with Crippen LogP contribution in [0.5, 0.6) is 11.5 Å². The summed E-state index contributed by atoms with van der Waals surface area (Å²) in [6, 6.07) is 5.54. The Hall–Kier alpha value is -1.42. The minimum Gasteiger partial charge on any atom is -0.448 e. The monoisotopic (exact) mass is 206 g/mol. The van der Waals surface area contributed by atoms with Crippen LogP contribution in [0.15, 0.2) is 18.2 Å². The summed E-state index contributed by atoms with van der Waals surface area (Å²) in [5.41, 5.74) is 6.41. The van der Waals surface area contributed by atoms with Gasteiger partial charge in [-0.1, -0.05) is 0 Å². The molecule has 1 saturated heterocycles. The number of hydrogen-bond acceptors (Lipinski definition) is 4. The van der Waals surface area contributed by atoms with Gasteiger partial charge in [0.2, 0.25) is 0 Å². The molecule has 0 radical (unpaired) electrons. The lowest BCUT2D eigenvalue weighted by atomic mass is 10.1. The summed E-state index contributed by atoms with van der Waals surface area (Å²) in [5.74, 6) is 1.14. The van der Waals surface area contributed by atoms with Gasteiger partial charge in [0, 0.05) is 37.7 Å². The quantitative estimate of drug-likeness (QED) is 0.624. The zero-order chi connectivity index (χ0) is 10.3. The molecule has 0 saturated carbocycles. The van der Waals surface area contributed by atoms with Gasteiger partial charge >= 0.3 is 0 Å². The number of rotatable bonds is 0. The minimum atomic E-state index is -0.443. The number of benzene rings is 1. The van der Waals surface area contributed by atoms with Crippen molar-refractivity contribution in [3.8, 4) is 11.5 Å². The van der Waals surface area contributed by atoms with Crippen molar-refractivity contribution >= 4 is 5.69 Å². The van der Waals surface area contributed by atoms with Crippen molar-refractivity contribution in [2.75, 3.05) is 18.8 Å². The maximum atomic E-state index is 5.87. The van der Waals surface area contributed by atoms with Gasteiger partial charge in [-0.2, -0.15) is 0 Å². The highest BCUT2D eigenvalue weighted by Crippen LogP contribution is 2.43. The van der Waals surface area contributed by atoms with E-state index >= 15 is 0 Å². The van der Waals surface area contributed by atoms with Gasteiger partial charge in [-0.15, -0.1) is 0 Å². The topological polar surface area (TPSA) is 56.5 Å². The van der Waals surface area contributed by atoms with E-state index in [-0.39, 0.29) is 0 Å². The third kappa shape index (κ3) is 1.41. The van der Waals surface area contributed by atoms with Gasteiger partial charge < -0.3 is 20.5 Å². The molecule has 0 amide bonds. The van der Waals surface area contributed by atoms with Gasteiger partial charge in [-0.25, -0.2) is 0 Å². The van der Waals surface area contributed by atoms with Crippen LogP contribution in [0, 0.1) is 0 Å². The maximum absolute atomic E-state index is 5.87. The van der Waals surface area contributed by atoms with E-state index in [1.165, 1.54) is 0 Å².